The van der Waals surface area contributed by atoms with Crippen molar-refractivity contribution >= 4 is 10.0 Å². The second-order valence-corrected chi connectivity index (χ2v) is 7.87. The van der Waals surface area contributed by atoms with Gasteiger partial charge in [0.15, 0.2) is 0 Å². The molecule has 0 saturated carbocycles. The molecule has 0 fully saturated rings. The molecule has 21 heavy (non-hydrogen) atoms. The zero-order chi connectivity index (χ0) is 16.4. The normalized spacial score (nSPS) is 12.2. The summed E-state index contributed by atoms with van der Waals surface area (Å²) in [5.41, 5.74) is 5.04. The molecule has 0 aromatic heterocycles. The van der Waals surface area contributed by atoms with E-state index in [9.17, 15) is 8.42 Å². The Bertz CT molecular complexity index is 591. The van der Waals surface area contributed by atoms with Gasteiger partial charge in [-0.05, 0) is 62.4 Å². The first-order chi connectivity index (χ1) is 9.59. The Hall–Kier alpha value is -0.910. The maximum absolute atomic E-state index is 12.6. The number of sulfonamides is 1. The monoisotopic (exact) mass is 313 g/mol. The Balaban J connectivity index is 3.10. The van der Waals surface area contributed by atoms with E-state index in [1.165, 1.54) is 10.5 Å². The quantitative estimate of drug-likeness (QED) is 0.771. The highest BCUT2D eigenvalue weighted by Gasteiger charge is 2.23. The third kappa shape index (κ3) is 4.05. The molecule has 4 nitrogen and oxygen atoms in total. The molecule has 0 aliphatic rings. The molecular weight excluding hydrogens is 284 g/mol. The van der Waals surface area contributed by atoms with Crippen molar-refractivity contribution in [1.82, 2.24) is 4.72 Å². The molecule has 1 aromatic rings. The van der Waals surface area contributed by atoms with Crippen molar-refractivity contribution in [2.75, 3.05) is 27.2 Å². The predicted octanol–water partition coefficient (Wildman–Crippen LogP) is 1.04. The fourth-order valence-corrected chi connectivity index (χ4v) is 4.26. The van der Waals surface area contributed by atoms with E-state index in [-0.39, 0.29) is 0 Å². The summed E-state index contributed by atoms with van der Waals surface area (Å²) in [6.45, 7) is 11.3. The van der Waals surface area contributed by atoms with Crippen LogP contribution < -0.4 is 9.62 Å². The van der Waals surface area contributed by atoms with Crippen molar-refractivity contribution in [3.05, 3.63) is 27.8 Å². The van der Waals surface area contributed by atoms with E-state index in [0.717, 1.165) is 35.2 Å². The molecule has 0 spiro atoms. The van der Waals surface area contributed by atoms with Gasteiger partial charge in [0.1, 0.15) is 0 Å². The average Bonchev–Trinajstić information content (AvgIpc) is 2.39. The zero-order valence-corrected chi connectivity index (χ0v) is 15.2. The van der Waals surface area contributed by atoms with E-state index >= 15 is 0 Å². The van der Waals surface area contributed by atoms with Crippen LogP contribution in [-0.4, -0.2) is 35.6 Å². The molecule has 0 radical (unpaired) electrons. The van der Waals surface area contributed by atoms with Crippen LogP contribution in [0, 0.1) is 34.6 Å². The van der Waals surface area contributed by atoms with Gasteiger partial charge in [-0.15, -0.1) is 0 Å². The Morgan fingerprint density at radius 1 is 0.857 bits per heavy atom. The third-order valence-electron chi connectivity index (χ3n) is 4.35. The summed E-state index contributed by atoms with van der Waals surface area (Å²) in [7, 11) is 0.689. The SMILES string of the molecule is Cc1c(C)c(C)c(S(=O)(=O)NCCC[NH+](C)C)c(C)c1C. The topological polar surface area (TPSA) is 50.6 Å². The van der Waals surface area contributed by atoms with Gasteiger partial charge >= 0.3 is 0 Å². The van der Waals surface area contributed by atoms with Crippen LogP contribution in [0.4, 0.5) is 0 Å². The van der Waals surface area contributed by atoms with Crippen LogP contribution in [0.3, 0.4) is 0 Å². The molecule has 0 atom stereocenters. The van der Waals surface area contributed by atoms with E-state index in [2.05, 4.69) is 18.8 Å². The summed E-state index contributed by atoms with van der Waals surface area (Å²) in [5.74, 6) is 0. The van der Waals surface area contributed by atoms with Gasteiger partial charge in [-0.1, -0.05) is 0 Å². The van der Waals surface area contributed by atoms with Gasteiger partial charge in [-0.3, -0.25) is 0 Å². The fourth-order valence-electron chi connectivity index (χ4n) is 2.59. The first-order valence-corrected chi connectivity index (χ1v) is 8.93. The van der Waals surface area contributed by atoms with Crippen molar-refractivity contribution < 1.29 is 13.3 Å². The van der Waals surface area contributed by atoms with Crippen molar-refractivity contribution in [2.24, 2.45) is 0 Å². The standard InChI is InChI=1S/C16H28N2O2S/c1-11-12(2)14(4)16(15(5)13(11)3)21(19,20)17-9-8-10-18(6)7/h17H,8-10H2,1-7H3/p+1. The van der Waals surface area contributed by atoms with Crippen LogP contribution in [0.25, 0.3) is 0 Å². The van der Waals surface area contributed by atoms with E-state index in [1.54, 1.807) is 0 Å². The lowest BCUT2D eigenvalue weighted by Gasteiger charge is -2.19. The van der Waals surface area contributed by atoms with E-state index < -0.39 is 10.0 Å². The summed E-state index contributed by atoms with van der Waals surface area (Å²) >= 11 is 0. The Morgan fingerprint density at radius 2 is 1.29 bits per heavy atom. The first-order valence-electron chi connectivity index (χ1n) is 7.45. The Morgan fingerprint density at radius 3 is 1.71 bits per heavy atom. The lowest BCUT2D eigenvalue weighted by Crippen LogP contribution is -3.05. The van der Waals surface area contributed by atoms with Crippen molar-refractivity contribution in [1.29, 1.82) is 0 Å². The molecule has 1 aromatic carbocycles. The molecule has 0 amide bonds. The van der Waals surface area contributed by atoms with Crippen LogP contribution in [0.1, 0.15) is 34.2 Å². The minimum atomic E-state index is -3.44. The maximum atomic E-state index is 12.6. The lowest BCUT2D eigenvalue weighted by atomic mass is 9.95. The average molecular weight is 313 g/mol. The van der Waals surface area contributed by atoms with Gasteiger partial charge in [-0.25, -0.2) is 13.1 Å². The lowest BCUT2D eigenvalue weighted by molar-refractivity contribution is -0.858. The van der Waals surface area contributed by atoms with Gasteiger partial charge in [0.05, 0.1) is 25.5 Å². The largest absolute Gasteiger partial charge is 0.340 e. The Labute approximate surface area is 129 Å². The van der Waals surface area contributed by atoms with Crippen LogP contribution in [0.15, 0.2) is 4.90 Å². The number of hydrogen-bond donors (Lipinski definition) is 2. The summed E-state index contributed by atoms with van der Waals surface area (Å²) in [4.78, 5) is 1.78. The summed E-state index contributed by atoms with van der Waals surface area (Å²) in [5, 5.41) is 0. The smallest absolute Gasteiger partial charge is 0.241 e. The van der Waals surface area contributed by atoms with Gasteiger partial charge < -0.3 is 4.90 Å². The van der Waals surface area contributed by atoms with E-state index in [1.807, 2.05) is 34.6 Å². The third-order valence-corrected chi connectivity index (χ3v) is 6.08. The number of benzene rings is 1. The highest BCUT2D eigenvalue weighted by Crippen LogP contribution is 2.29. The minimum absolute atomic E-state index is 0.459. The molecule has 5 heteroatoms. The summed E-state index contributed by atoms with van der Waals surface area (Å²) < 4.78 is 28.0. The van der Waals surface area contributed by atoms with Gasteiger partial charge in [0.2, 0.25) is 10.0 Å². The number of nitrogens with one attached hydrogen (secondary N) is 2. The minimum Gasteiger partial charge on any atom is -0.340 e. The van der Waals surface area contributed by atoms with Crippen LogP contribution >= 0.6 is 0 Å². The molecular formula is C16H29N2O2S+. The Kier molecular flexibility index (Phi) is 5.96. The number of hydrogen-bond acceptors (Lipinski definition) is 2. The first kappa shape index (κ1) is 18.1. The second-order valence-electron chi connectivity index (χ2n) is 6.16. The van der Waals surface area contributed by atoms with Crippen molar-refractivity contribution in [2.45, 2.75) is 45.9 Å². The fraction of sp³-hybridized carbons (Fsp3) is 0.625. The highest BCUT2D eigenvalue weighted by molar-refractivity contribution is 7.89. The molecule has 0 aliphatic heterocycles. The van der Waals surface area contributed by atoms with Crippen LogP contribution in [0.5, 0.6) is 0 Å². The van der Waals surface area contributed by atoms with Gasteiger partial charge in [0.25, 0.3) is 0 Å². The van der Waals surface area contributed by atoms with Crippen LogP contribution in [0.2, 0.25) is 0 Å². The van der Waals surface area contributed by atoms with E-state index in [0.29, 0.717) is 11.4 Å². The number of rotatable bonds is 6. The molecule has 0 saturated heterocycles. The predicted molar refractivity (Wildman–Crippen MR) is 87.6 cm³/mol. The van der Waals surface area contributed by atoms with E-state index in [4.69, 9.17) is 0 Å². The summed E-state index contributed by atoms with van der Waals surface area (Å²) in [6.07, 6.45) is 0.837. The highest BCUT2D eigenvalue weighted by atomic mass is 32.2. The molecule has 0 aliphatic carbocycles. The second kappa shape index (κ2) is 6.90. The molecule has 0 heterocycles. The molecule has 120 valence electrons. The molecule has 2 N–H and O–H groups in total. The molecule has 0 unspecified atom stereocenters. The number of quaternary nitrogens is 1. The van der Waals surface area contributed by atoms with Crippen LogP contribution in [-0.2, 0) is 10.0 Å². The molecule has 1 rings (SSSR count). The molecule has 0 bridgehead atoms. The van der Waals surface area contributed by atoms with Crippen molar-refractivity contribution in [3.63, 3.8) is 0 Å². The van der Waals surface area contributed by atoms with Gasteiger partial charge in [0, 0.05) is 13.0 Å². The zero-order valence-electron chi connectivity index (χ0n) is 14.3. The van der Waals surface area contributed by atoms with Gasteiger partial charge in [-0.2, -0.15) is 0 Å². The maximum Gasteiger partial charge on any atom is 0.241 e. The summed E-state index contributed by atoms with van der Waals surface area (Å²) in [6, 6.07) is 0. The van der Waals surface area contributed by atoms with Crippen molar-refractivity contribution in [3.8, 4) is 0 Å².